The second-order valence-corrected chi connectivity index (χ2v) is 6.53. The van der Waals surface area contributed by atoms with Gasteiger partial charge in [-0.15, -0.1) is 0 Å². The van der Waals surface area contributed by atoms with Crippen molar-refractivity contribution in [2.75, 3.05) is 20.3 Å². The van der Waals surface area contributed by atoms with Gasteiger partial charge in [-0.05, 0) is 43.0 Å². The van der Waals surface area contributed by atoms with Crippen LogP contribution in [0.25, 0.3) is 0 Å². The summed E-state index contributed by atoms with van der Waals surface area (Å²) in [5.41, 5.74) is 3.57. The number of benzene rings is 2. The number of nitrogens with one attached hydrogen (secondary N) is 1. The Bertz CT molecular complexity index is 687. The molecule has 2 aromatic rings. The molecule has 1 unspecified atom stereocenters. The molecule has 0 bridgehead atoms. The number of rotatable bonds is 8. The van der Waals surface area contributed by atoms with E-state index in [1.165, 1.54) is 17.5 Å². The van der Waals surface area contributed by atoms with Gasteiger partial charge in [0.1, 0.15) is 6.61 Å². The van der Waals surface area contributed by atoms with Crippen LogP contribution in [0.2, 0.25) is 0 Å². The Hall–Kier alpha value is -1.75. The van der Waals surface area contributed by atoms with Crippen molar-refractivity contribution in [1.82, 2.24) is 5.32 Å². The van der Waals surface area contributed by atoms with Gasteiger partial charge >= 0.3 is 0 Å². The standard InChI is InChI=1S/C21H27NO3.ClH/c1-16-5-3-6-18(11-16)15-25-20-9-8-17(12-21(20)23-2)13-22-14-19-7-4-10-24-19;/h3,5-6,8-9,11-12,19,22H,4,7,10,13-15H2,1-2H3;1H/p-1. The normalized spacial score (nSPS) is 16.2. The van der Waals surface area contributed by atoms with Crippen LogP contribution >= 0.6 is 0 Å². The van der Waals surface area contributed by atoms with Crippen LogP contribution < -0.4 is 27.2 Å². The second-order valence-electron chi connectivity index (χ2n) is 6.53. The van der Waals surface area contributed by atoms with Gasteiger partial charge in [0.05, 0.1) is 13.2 Å². The van der Waals surface area contributed by atoms with Crippen LogP contribution in [0, 0.1) is 6.92 Å². The van der Waals surface area contributed by atoms with Gasteiger partial charge < -0.3 is 31.9 Å². The molecule has 3 rings (SSSR count). The highest BCUT2D eigenvalue weighted by molar-refractivity contribution is 5.43. The summed E-state index contributed by atoms with van der Waals surface area (Å²) in [5.74, 6) is 1.54. The van der Waals surface area contributed by atoms with Crippen molar-refractivity contribution in [2.45, 2.75) is 39.0 Å². The number of hydrogen-bond donors (Lipinski definition) is 1. The summed E-state index contributed by atoms with van der Waals surface area (Å²) < 4.78 is 17.1. The van der Waals surface area contributed by atoms with Crippen molar-refractivity contribution in [3.8, 4) is 11.5 Å². The molecule has 1 atom stereocenters. The van der Waals surface area contributed by atoms with Gasteiger partial charge in [-0.2, -0.15) is 0 Å². The number of hydrogen-bond acceptors (Lipinski definition) is 4. The summed E-state index contributed by atoms with van der Waals surface area (Å²) in [4.78, 5) is 0. The monoisotopic (exact) mass is 376 g/mol. The molecule has 142 valence electrons. The topological polar surface area (TPSA) is 39.7 Å². The van der Waals surface area contributed by atoms with Crippen molar-refractivity contribution in [3.05, 3.63) is 59.2 Å². The van der Waals surface area contributed by atoms with Crippen molar-refractivity contribution >= 4 is 0 Å². The van der Waals surface area contributed by atoms with E-state index in [9.17, 15) is 0 Å². The molecule has 2 aromatic carbocycles. The predicted molar refractivity (Wildman–Crippen MR) is 99.2 cm³/mol. The third kappa shape index (κ3) is 5.90. The van der Waals surface area contributed by atoms with E-state index in [1.807, 2.05) is 18.2 Å². The summed E-state index contributed by atoms with van der Waals surface area (Å²) in [6.07, 6.45) is 2.69. The van der Waals surface area contributed by atoms with Crippen molar-refractivity contribution in [2.24, 2.45) is 0 Å². The highest BCUT2D eigenvalue weighted by Crippen LogP contribution is 2.29. The maximum atomic E-state index is 5.94. The Morgan fingerprint density at radius 3 is 2.73 bits per heavy atom. The van der Waals surface area contributed by atoms with Crippen LogP contribution in [0.1, 0.15) is 29.5 Å². The van der Waals surface area contributed by atoms with E-state index in [2.05, 4.69) is 36.5 Å². The van der Waals surface area contributed by atoms with E-state index in [1.54, 1.807) is 7.11 Å². The Morgan fingerprint density at radius 1 is 1.12 bits per heavy atom. The molecule has 26 heavy (non-hydrogen) atoms. The summed E-state index contributed by atoms with van der Waals surface area (Å²) >= 11 is 0. The zero-order chi connectivity index (χ0) is 17.5. The van der Waals surface area contributed by atoms with Crippen molar-refractivity contribution in [1.29, 1.82) is 0 Å². The van der Waals surface area contributed by atoms with E-state index >= 15 is 0 Å². The van der Waals surface area contributed by atoms with Gasteiger partial charge in [-0.25, -0.2) is 0 Å². The zero-order valence-electron chi connectivity index (χ0n) is 15.5. The molecule has 0 saturated carbocycles. The van der Waals surface area contributed by atoms with E-state index in [-0.39, 0.29) is 12.4 Å². The molecule has 1 heterocycles. The van der Waals surface area contributed by atoms with E-state index < -0.39 is 0 Å². The summed E-state index contributed by atoms with van der Waals surface area (Å²) in [6, 6.07) is 14.4. The Morgan fingerprint density at radius 2 is 2.00 bits per heavy atom. The quantitative estimate of drug-likeness (QED) is 0.741. The fourth-order valence-corrected chi connectivity index (χ4v) is 3.09. The lowest BCUT2D eigenvalue weighted by atomic mass is 10.1. The first kappa shape index (κ1) is 20.6. The predicted octanol–water partition coefficient (Wildman–Crippen LogP) is 0.855. The minimum Gasteiger partial charge on any atom is -1.00 e. The van der Waals surface area contributed by atoms with Crippen LogP contribution in [0.5, 0.6) is 11.5 Å². The summed E-state index contributed by atoms with van der Waals surface area (Å²) in [7, 11) is 1.68. The van der Waals surface area contributed by atoms with Crippen LogP contribution in [-0.4, -0.2) is 26.4 Å². The van der Waals surface area contributed by atoms with Gasteiger partial charge in [0, 0.05) is 19.7 Å². The third-order valence-corrected chi connectivity index (χ3v) is 4.43. The molecular formula is C21H27ClNO3-. The largest absolute Gasteiger partial charge is 1.00 e. The zero-order valence-corrected chi connectivity index (χ0v) is 16.2. The Labute approximate surface area is 162 Å². The van der Waals surface area contributed by atoms with Crippen LogP contribution in [0.3, 0.4) is 0 Å². The van der Waals surface area contributed by atoms with Crippen molar-refractivity contribution in [3.63, 3.8) is 0 Å². The number of aryl methyl sites for hydroxylation is 1. The van der Waals surface area contributed by atoms with Gasteiger partial charge in [0.2, 0.25) is 0 Å². The van der Waals surface area contributed by atoms with Crippen LogP contribution in [0.15, 0.2) is 42.5 Å². The molecule has 0 spiro atoms. The molecule has 1 aliphatic heterocycles. The lowest BCUT2D eigenvalue weighted by Gasteiger charge is -2.14. The van der Waals surface area contributed by atoms with E-state index in [0.717, 1.165) is 43.2 Å². The smallest absolute Gasteiger partial charge is 0.161 e. The number of halogens is 1. The molecule has 1 fully saturated rings. The Balaban J connectivity index is 0.00000243. The molecular weight excluding hydrogens is 350 g/mol. The molecule has 0 radical (unpaired) electrons. The lowest BCUT2D eigenvalue weighted by Crippen LogP contribution is -3.00. The lowest BCUT2D eigenvalue weighted by molar-refractivity contribution is -0.00000707. The van der Waals surface area contributed by atoms with Crippen molar-refractivity contribution < 1.29 is 26.6 Å². The van der Waals surface area contributed by atoms with Gasteiger partial charge in [0.25, 0.3) is 0 Å². The summed E-state index contributed by atoms with van der Waals surface area (Å²) in [6.45, 7) is 5.21. The molecule has 0 aromatic heterocycles. The van der Waals surface area contributed by atoms with Gasteiger partial charge in [-0.3, -0.25) is 0 Å². The van der Waals surface area contributed by atoms with Gasteiger partial charge in [0.15, 0.2) is 11.5 Å². The van der Waals surface area contributed by atoms with E-state index in [4.69, 9.17) is 14.2 Å². The minimum atomic E-state index is 0. The molecule has 4 nitrogen and oxygen atoms in total. The first-order valence-electron chi connectivity index (χ1n) is 8.92. The number of ether oxygens (including phenoxy) is 3. The fourth-order valence-electron chi connectivity index (χ4n) is 3.09. The average Bonchev–Trinajstić information content (AvgIpc) is 3.14. The first-order valence-corrected chi connectivity index (χ1v) is 8.92. The fraction of sp³-hybridized carbons (Fsp3) is 0.429. The SMILES string of the molecule is COc1cc(CNCC2CCCO2)ccc1OCc1cccc(C)c1.[Cl-]. The molecule has 0 aliphatic carbocycles. The molecule has 1 N–H and O–H groups in total. The summed E-state index contributed by atoms with van der Waals surface area (Å²) in [5, 5.41) is 3.46. The Kier molecular flexibility index (Phi) is 8.23. The highest BCUT2D eigenvalue weighted by atomic mass is 35.5. The highest BCUT2D eigenvalue weighted by Gasteiger charge is 2.14. The van der Waals surface area contributed by atoms with Crippen LogP contribution in [-0.2, 0) is 17.9 Å². The third-order valence-electron chi connectivity index (χ3n) is 4.43. The number of methoxy groups -OCH3 is 1. The second kappa shape index (κ2) is 10.4. The maximum absolute atomic E-state index is 5.94. The van der Waals surface area contributed by atoms with E-state index in [0.29, 0.717) is 12.7 Å². The maximum Gasteiger partial charge on any atom is 0.161 e. The average molecular weight is 377 g/mol. The molecule has 5 heteroatoms. The molecule has 1 aliphatic rings. The minimum absolute atomic E-state index is 0. The molecule has 0 amide bonds. The molecule has 1 saturated heterocycles. The van der Waals surface area contributed by atoms with Gasteiger partial charge in [-0.1, -0.05) is 35.9 Å². The first-order chi connectivity index (χ1) is 12.2. The van der Waals surface area contributed by atoms with Crippen LogP contribution in [0.4, 0.5) is 0 Å².